The Labute approximate surface area is 195 Å². The van der Waals surface area contributed by atoms with Crippen molar-refractivity contribution in [1.29, 1.82) is 0 Å². The van der Waals surface area contributed by atoms with Crippen LogP contribution in [0.4, 0.5) is 0 Å². The molecule has 0 aromatic rings. The number of rotatable bonds is 24. The molecule has 33 heavy (non-hydrogen) atoms. The molecule has 0 aliphatic heterocycles. The van der Waals surface area contributed by atoms with Crippen LogP contribution < -0.4 is 0 Å². The number of phosphoric acid groups is 1. The van der Waals surface area contributed by atoms with E-state index >= 15 is 0 Å². The van der Waals surface area contributed by atoms with Crippen LogP contribution in [0, 0.1) is 0 Å². The van der Waals surface area contributed by atoms with E-state index in [-0.39, 0.29) is 0 Å². The van der Waals surface area contributed by atoms with Crippen LogP contribution in [-0.2, 0) is 49.6 Å². The average Bonchev–Trinajstić information content (AvgIpc) is 2.75. The first-order valence-electron chi connectivity index (χ1n) is 11.3. The van der Waals surface area contributed by atoms with Gasteiger partial charge in [-0.15, -0.1) is 0 Å². The zero-order valence-corrected chi connectivity index (χ0v) is 20.5. The molecule has 0 aliphatic rings. The fraction of sp³-hybridized carbons (Fsp3) is 0.895. The largest absolute Gasteiger partial charge is 0.466 e. The molecule has 14 heteroatoms. The average molecular weight is 508 g/mol. The SMILES string of the molecule is CC=COOOOOOOOOCCCCCCCCCCCCCCCC.O=P(O)(O)O. The fourth-order valence-corrected chi connectivity index (χ4v) is 2.56. The van der Waals surface area contributed by atoms with Crippen molar-refractivity contribution in [3.63, 3.8) is 0 Å². The number of hydrogen-bond donors (Lipinski definition) is 3. The molecule has 3 N–H and O–H groups in total. The summed E-state index contributed by atoms with van der Waals surface area (Å²) in [5.41, 5.74) is 0. The molecule has 0 saturated heterocycles. The van der Waals surface area contributed by atoms with Crippen LogP contribution in [0.25, 0.3) is 0 Å². The van der Waals surface area contributed by atoms with Crippen LogP contribution in [0.15, 0.2) is 12.3 Å². The Kier molecular flexibility index (Phi) is 30.7. The lowest BCUT2D eigenvalue weighted by molar-refractivity contribution is -0.829. The van der Waals surface area contributed by atoms with Gasteiger partial charge in [-0.05, 0) is 34.5 Å². The number of allylic oxidation sites excluding steroid dienone is 1. The molecular weight excluding hydrogens is 467 g/mol. The maximum absolute atomic E-state index is 8.88. The van der Waals surface area contributed by atoms with Crippen LogP contribution in [-0.4, -0.2) is 21.3 Å². The van der Waals surface area contributed by atoms with Gasteiger partial charge in [-0.3, -0.25) is 0 Å². The molecule has 0 unspecified atom stereocenters. The van der Waals surface area contributed by atoms with Gasteiger partial charge in [-0.2, -0.15) is 0 Å². The molecule has 0 aromatic carbocycles. The Morgan fingerprint density at radius 1 is 0.606 bits per heavy atom. The molecule has 0 radical (unpaired) electrons. The third kappa shape index (κ3) is 45.5. The second-order valence-electron chi connectivity index (χ2n) is 6.97. The summed E-state index contributed by atoms with van der Waals surface area (Å²) in [6, 6.07) is 0. The van der Waals surface area contributed by atoms with Crippen molar-refractivity contribution in [2.75, 3.05) is 6.61 Å². The summed E-state index contributed by atoms with van der Waals surface area (Å²) in [6.45, 7) is 4.36. The fourth-order valence-electron chi connectivity index (χ4n) is 2.56. The van der Waals surface area contributed by atoms with E-state index in [4.69, 9.17) is 24.1 Å². The zero-order chi connectivity index (χ0) is 24.9. The van der Waals surface area contributed by atoms with E-state index in [0.717, 1.165) is 12.8 Å². The highest BCUT2D eigenvalue weighted by Gasteiger charge is 2.00. The van der Waals surface area contributed by atoms with Gasteiger partial charge in [-0.25, -0.2) is 9.45 Å². The molecule has 0 saturated carbocycles. The topological polar surface area (TPSA) is 161 Å². The molecule has 0 amide bonds. The van der Waals surface area contributed by atoms with Crippen LogP contribution in [0.3, 0.4) is 0 Å². The minimum atomic E-state index is -4.64. The Bertz CT molecular complexity index is 426. The van der Waals surface area contributed by atoms with Crippen molar-refractivity contribution in [2.45, 2.75) is 104 Å². The monoisotopic (exact) mass is 508 g/mol. The van der Waals surface area contributed by atoms with Gasteiger partial charge in [0, 0.05) is 20.2 Å². The van der Waals surface area contributed by atoms with Crippen molar-refractivity contribution in [3.05, 3.63) is 12.3 Å². The maximum atomic E-state index is 8.88. The van der Waals surface area contributed by atoms with Crippen LogP contribution in [0.1, 0.15) is 104 Å². The van der Waals surface area contributed by atoms with Crippen molar-refractivity contribution in [1.82, 2.24) is 0 Å². The predicted molar refractivity (Wildman–Crippen MR) is 114 cm³/mol. The first-order chi connectivity index (χ1) is 15.9. The summed E-state index contributed by atoms with van der Waals surface area (Å²) < 4.78 is 8.88. The lowest BCUT2D eigenvalue weighted by atomic mass is 10.0. The zero-order valence-electron chi connectivity index (χ0n) is 19.6. The van der Waals surface area contributed by atoms with E-state index < -0.39 is 7.82 Å². The summed E-state index contributed by atoms with van der Waals surface area (Å²) in [6.07, 6.45) is 20.9. The van der Waals surface area contributed by atoms with Gasteiger partial charge >= 0.3 is 7.82 Å². The second-order valence-corrected chi connectivity index (χ2v) is 8.00. The quantitative estimate of drug-likeness (QED) is 0.0490. The minimum Gasteiger partial charge on any atom is -0.314 e. The van der Waals surface area contributed by atoms with Crippen molar-refractivity contribution in [2.24, 2.45) is 0 Å². The number of unbranched alkanes of at least 4 members (excludes halogenated alkanes) is 13. The molecule has 13 nitrogen and oxygen atoms in total. The van der Waals surface area contributed by atoms with E-state index in [2.05, 4.69) is 47.1 Å². The highest BCUT2D eigenvalue weighted by atomic mass is 31.2. The summed E-state index contributed by atoms with van der Waals surface area (Å²) >= 11 is 0. The molecule has 0 aromatic heterocycles. The van der Waals surface area contributed by atoms with E-state index in [1.165, 1.54) is 83.3 Å². The smallest absolute Gasteiger partial charge is 0.314 e. The standard InChI is InChI=1S/C19H38O9.H3O4P/c1-3-5-6-7-8-9-10-11-12-13-14-15-16-17-19-21-23-25-27-28-26-24-22-20-18-4-2;1-5(2,3)4/h4,18H,3,5-17,19H2,1-2H3;(H3,1,2,3,4). The lowest BCUT2D eigenvalue weighted by Gasteiger charge is -2.03. The molecule has 200 valence electrons. The van der Waals surface area contributed by atoms with Crippen molar-refractivity contribution >= 4 is 7.82 Å². The molecular formula is C19H41O13P. The van der Waals surface area contributed by atoms with E-state index in [1.54, 1.807) is 13.0 Å². The Morgan fingerprint density at radius 2 is 0.970 bits per heavy atom. The van der Waals surface area contributed by atoms with E-state index in [1.807, 2.05) is 0 Å². The minimum absolute atomic E-state index is 0.388. The highest BCUT2D eigenvalue weighted by Crippen LogP contribution is 2.25. The molecule has 0 rings (SSSR count). The van der Waals surface area contributed by atoms with Gasteiger partial charge in [0.1, 0.15) is 6.26 Å². The molecule has 0 fully saturated rings. The van der Waals surface area contributed by atoms with Gasteiger partial charge in [0.25, 0.3) is 0 Å². The summed E-state index contributed by atoms with van der Waals surface area (Å²) in [4.78, 5) is 30.5. The van der Waals surface area contributed by atoms with Crippen molar-refractivity contribution < 1.29 is 64.3 Å². The first kappa shape index (κ1) is 34.5. The van der Waals surface area contributed by atoms with E-state index in [0.29, 0.717) is 6.61 Å². The lowest BCUT2D eigenvalue weighted by Crippen LogP contribution is -2.02. The highest BCUT2D eigenvalue weighted by molar-refractivity contribution is 7.45. The summed E-state index contributed by atoms with van der Waals surface area (Å²) in [5, 5.41) is 27.7. The van der Waals surface area contributed by atoms with Gasteiger partial charge < -0.3 is 19.6 Å². The summed E-state index contributed by atoms with van der Waals surface area (Å²) in [7, 11) is -4.64. The predicted octanol–water partition coefficient (Wildman–Crippen LogP) is 5.54. The van der Waals surface area contributed by atoms with Gasteiger partial charge in [0.15, 0.2) is 0 Å². The molecule has 0 spiro atoms. The third-order valence-electron chi connectivity index (χ3n) is 4.03. The number of hydrogen-bond acceptors (Lipinski definition) is 10. The summed E-state index contributed by atoms with van der Waals surface area (Å²) in [5.74, 6) is 0. The van der Waals surface area contributed by atoms with Crippen LogP contribution in [0.5, 0.6) is 0 Å². The van der Waals surface area contributed by atoms with Crippen molar-refractivity contribution in [3.8, 4) is 0 Å². The van der Waals surface area contributed by atoms with Gasteiger partial charge in [0.05, 0.1) is 6.61 Å². The van der Waals surface area contributed by atoms with Gasteiger partial charge in [-0.1, -0.05) is 90.4 Å². The Morgan fingerprint density at radius 3 is 1.39 bits per heavy atom. The van der Waals surface area contributed by atoms with Crippen LogP contribution >= 0.6 is 7.82 Å². The Hall–Kier alpha value is -0.670. The molecule has 0 atom stereocenters. The second kappa shape index (κ2) is 29.4. The van der Waals surface area contributed by atoms with E-state index in [9.17, 15) is 0 Å². The van der Waals surface area contributed by atoms with Gasteiger partial charge in [0.2, 0.25) is 0 Å². The molecule has 0 aliphatic carbocycles. The molecule has 0 heterocycles. The molecule has 0 bridgehead atoms. The van der Waals surface area contributed by atoms with Crippen LogP contribution in [0.2, 0.25) is 0 Å². The first-order valence-corrected chi connectivity index (χ1v) is 12.8. The Balaban J connectivity index is 0. The third-order valence-corrected chi connectivity index (χ3v) is 4.03. The maximum Gasteiger partial charge on any atom is 0.466 e. The normalized spacial score (nSPS) is 11.5.